The molecule has 2 amide bonds. The molecule has 4 N–H and O–H groups in total. The van der Waals surface area contributed by atoms with Gasteiger partial charge in [0.15, 0.2) is 0 Å². The van der Waals surface area contributed by atoms with Crippen LogP contribution in [-0.4, -0.2) is 18.4 Å². The van der Waals surface area contributed by atoms with Gasteiger partial charge in [-0.15, -0.1) is 0 Å². The van der Waals surface area contributed by atoms with Gasteiger partial charge in [-0.1, -0.05) is 18.2 Å². The standard InChI is InChI=1S/C18H21N3O2/c1-12-5-3-4-6-15(12)18(23)21-16-8-7-14(11-13(16)2)20-17(22)9-10-19/h3-8,11H,9-10,19H2,1-2H3,(H,20,22)(H,21,23). The highest BCUT2D eigenvalue weighted by Crippen LogP contribution is 2.21. The lowest BCUT2D eigenvalue weighted by atomic mass is 10.1. The molecule has 0 unspecified atom stereocenters. The van der Waals surface area contributed by atoms with E-state index in [0.717, 1.165) is 16.8 Å². The molecule has 0 saturated carbocycles. The number of carbonyl (C=O) groups excluding carboxylic acids is 2. The second kappa shape index (κ2) is 7.56. The van der Waals surface area contributed by atoms with E-state index in [1.54, 1.807) is 18.2 Å². The number of benzene rings is 2. The third kappa shape index (κ3) is 4.40. The first-order valence-corrected chi connectivity index (χ1v) is 7.49. The number of aryl methyl sites for hydroxylation is 2. The molecule has 0 aliphatic carbocycles. The Hall–Kier alpha value is -2.66. The molecule has 5 nitrogen and oxygen atoms in total. The minimum absolute atomic E-state index is 0.122. The highest BCUT2D eigenvalue weighted by Gasteiger charge is 2.10. The van der Waals surface area contributed by atoms with Gasteiger partial charge in [-0.05, 0) is 49.2 Å². The molecule has 0 aromatic heterocycles. The van der Waals surface area contributed by atoms with Crippen LogP contribution < -0.4 is 16.4 Å². The molecular formula is C18H21N3O2. The van der Waals surface area contributed by atoms with Crippen molar-refractivity contribution in [1.29, 1.82) is 0 Å². The van der Waals surface area contributed by atoms with Crippen LogP contribution in [0.1, 0.15) is 27.9 Å². The molecule has 5 heteroatoms. The van der Waals surface area contributed by atoms with Crippen molar-refractivity contribution in [3.63, 3.8) is 0 Å². The number of rotatable bonds is 5. The number of nitrogens with one attached hydrogen (secondary N) is 2. The van der Waals surface area contributed by atoms with Gasteiger partial charge in [-0.3, -0.25) is 9.59 Å². The Kier molecular flexibility index (Phi) is 5.49. The van der Waals surface area contributed by atoms with Crippen LogP contribution in [0.3, 0.4) is 0 Å². The maximum Gasteiger partial charge on any atom is 0.255 e. The number of amides is 2. The lowest BCUT2D eigenvalue weighted by Gasteiger charge is -2.12. The van der Waals surface area contributed by atoms with E-state index < -0.39 is 0 Å². The fraction of sp³-hybridized carbons (Fsp3) is 0.222. The molecule has 2 aromatic rings. The third-order valence-corrected chi connectivity index (χ3v) is 3.52. The Labute approximate surface area is 135 Å². The summed E-state index contributed by atoms with van der Waals surface area (Å²) in [6.07, 6.45) is 0.283. The van der Waals surface area contributed by atoms with E-state index in [2.05, 4.69) is 10.6 Å². The van der Waals surface area contributed by atoms with Crippen molar-refractivity contribution in [3.05, 3.63) is 59.2 Å². The largest absolute Gasteiger partial charge is 0.330 e. The Balaban J connectivity index is 2.11. The Morgan fingerprint density at radius 1 is 1.00 bits per heavy atom. The molecule has 0 atom stereocenters. The molecule has 0 radical (unpaired) electrons. The first kappa shape index (κ1) is 16.7. The van der Waals surface area contributed by atoms with E-state index in [1.165, 1.54) is 0 Å². The van der Waals surface area contributed by atoms with E-state index in [0.29, 0.717) is 17.8 Å². The van der Waals surface area contributed by atoms with Crippen LogP contribution >= 0.6 is 0 Å². The predicted octanol–water partition coefficient (Wildman–Crippen LogP) is 2.84. The van der Waals surface area contributed by atoms with Crippen LogP contribution in [0.4, 0.5) is 11.4 Å². The zero-order valence-corrected chi connectivity index (χ0v) is 13.3. The van der Waals surface area contributed by atoms with Crippen LogP contribution in [0.25, 0.3) is 0 Å². The highest BCUT2D eigenvalue weighted by molar-refractivity contribution is 6.05. The molecule has 2 aromatic carbocycles. The van der Waals surface area contributed by atoms with E-state index >= 15 is 0 Å². The monoisotopic (exact) mass is 311 g/mol. The van der Waals surface area contributed by atoms with Gasteiger partial charge in [0, 0.05) is 29.9 Å². The summed E-state index contributed by atoms with van der Waals surface area (Å²) in [6.45, 7) is 4.10. The minimum Gasteiger partial charge on any atom is -0.330 e. The predicted molar refractivity (Wildman–Crippen MR) is 92.6 cm³/mol. The average Bonchev–Trinajstić information content (AvgIpc) is 2.50. The molecule has 23 heavy (non-hydrogen) atoms. The molecule has 0 aliphatic heterocycles. The van der Waals surface area contributed by atoms with Gasteiger partial charge in [0.25, 0.3) is 5.91 Å². The van der Waals surface area contributed by atoms with Gasteiger partial charge < -0.3 is 16.4 Å². The second-order valence-corrected chi connectivity index (χ2v) is 5.39. The van der Waals surface area contributed by atoms with Crippen molar-refractivity contribution in [2.75, 3.05) is 17.2 Å². The lowest BCUT2D eigenvalue weighted by Crippen LogP contribution is -2.17. The van der Waals surface area contributed by atoms with Gasteiger partial charge in [0.1, 0.15) is 0 Å². The maximum absolute atomic E-state index is 12.3. The van der Waals surface area contributed by atoms with Crippen molar-refractivity contribution >= 4 is 23.2 Å². The fourth-order valence-corrected chi connectivity index (χ4v) is 2.25. The SMILES string of the molecule is Cc1cc(NC(=O)CCN)ccc1NC(=O)c1ccccc1C. The summed E-state index contributed by atoms with van der Waals surface area (Å²) in [4.78, 5) is 23.9. The van der Waals surface area contributed by atoms with Crippen molar-refractivity contribution < 1.29 is 9.59 Å². The molecule has 0 spiro atoms. The van der Waals surface area contributed by atoms with Crippen molar-refractivity contribution in [3.8, 4) is 0 Å². The Morgan fingerprint density at radius 3 is 2.39 bits per heavy atom. The average molecular weight is 311 g/mol. The zero-order chi connectivity index (χ0) is 16.8. The summed E-state index contributed by atoms with van der Waals surface area (Å²) in [5.74, 6) is -0.269. The molecule has 2 rings (SSSR count). The van der Waals surface area contributed by atoms with Gasteiger partial charge in [0.05, 0.1) is 0 Å². The summed E-state index contributed by atoms with van der Waals surface area (Å²) in [7, 11) is 0. The maximum atomic E-state index is 12.3. The van der Waals surface area contributed by atoms with Crippen LogP contribution in [0, 0.1) is 13.8 Å². The molecule has 120 valence electrons. The third-order valence-electron chi connectivity index (χ3n) is 3.52. The molecule has 0 heterocycles. The molecule has 0 saturated heterocycles. The van der Waals surface area contributed by atoms with E-state index in [9.17, 15) is 9.59 Å². The van der Waals surface area contributed by atoms with Gasteiger partial charge >= 0.3 is 0 Å². The van der Waals surface area contributed by atoms with Crippen LogP contribution in [0.2, 0.25) is 0 Å². The van der Waals surface area contributed by atoms with Crippen LogP contribution in [-0.2, 0) is 4.79 Å². The summed E-state index contributed by atoms with van der Waals surface area (Å²) in [5, 5.41) is 5.67. The first-order valence-electron chi connectivity index (χ1n) is 7.49. The minimum atomic E-state index is -0.147. The second-order valence-electron chi connectivity index (χ2n) is 5.39. The van der Waals surface area contributed by atoms with Gasteiger partial charge in [0.2, 0.25) is 5.91 Å². The normalized spacial score (nSPS) is 10.2. The van der Waals surface area contributed by atoms with Crippen molar-refractivity contribution in [2.45, 2.75) is 20.3 Å². The van der Waals surface area contributed by atoms with Crippen LogP contribution in [0.5, 0.6) is 0 Å². The van der Waals surface area contributed by atoms with Crippen LogP contribution in [0.15, 0.2) is 42.5 Å². The van der Waals surface area contributed by atoms with E-state index in [-0.39, 0.29) is 18.2 Å². The van der Waals surface area contributed by atoms with Crippen molar-refractivity contribution in [2.24, 2.45) is 5.73 Å². The zero-order valence-electron chi connectivity index (χ0n) is 13.3. The number of nitrogens with two attached hydrogens (primary N) is 1. The molecular weight excluding hydrogens is 290 g/mol. The topological polar surface area (TPSA) is 84.2 Å². The van der Waals surface area contributed by atoms with Gasteiger partial charge in [-0.2, -0.15) is 0 Å². The lowest BCUT2D eigenvalue weighted by molar-refractivity contribution is -0.116. The molecule has 0 fully saturated rings. The Bertz CT molecular complexity index is 726. The number of anilines is 2. The van der Waals surface area contributed by atoms with Gasteiger partial charge in [-0.25, -0.2) is 0 Å². The highest BCUT2D eigenvalue weighted by atomic mass is 16.2. The summed E-state index contributed by atoms with van der Waals surface area (Å²) in [6, 6.07) is 12.8. The molecule has 0 aliphatic rings. The van der Waals surface area contributed by atoms with E-state index in [4.69, 9.17) is 5.73 Å². The smallest absolute Gasteiger partial charge is 0.255 e. The summed E-state index contributed by atoms with van der Waals surface area (Å²) < 4.78 is 0. The fourth-order valence-electron chi connectivity index (χ4n) is 2.25. The number of hydrogen-bond acceptors (Lipinski definition) is 3. The summed E-state index contributed by atoms with van der Waals surface area (Å²) in [5.41, 5.74) is 9.20. The van der Waals surface area contributed by atoms with E-state index in [1.807, 2.05) is 38.1 Å². The molecule has 0 bridgehead atoms. The Morgan fingerprint density at radius 2 is 1.74 bits per heavy atom. The quantitative estimate of drug-likeness (QED) is 0.794. The number of hydrogen-bond donors (Lipinski definition) is 3. The van der Waals surface area contributed by atoms with Crippen molar-refractivity contribution in [1.82, 2.24) is 0 Å². The first-order chi connectivity index (χ1) is 11.0. The summed E-state index contributed by atoms with van der Waals surface area (Å²) >= 11 is 0. The number of carbonyl (C=O) groups is 2.